The van der Waals surface area contributed by atoms with Gasteiger partial charge in [-0.2, -0.15) is 0 Å². The molecule has 0 heterocycles. The summed E-state index contributed by atoms with van der Waals surface area (Å²) < 4.78 is 0. The molecule has 0 aromatic heterocycles. The first-order valence-corrected chi connectivity index (χ1v) is 4.43. The largest absolute Gasteiger partial charge is 0.366 e. The Kier molecular flexibility index (Phi) is 3.29. The molecule has 1 saturated carbocycles. The summed E-state index contributed by atoms with van der Waals surface area (Å²) in [5.74, 6) is -0.0287. The predicted octanol–water partition coefficient (Wildman–Crippen LogP) is 0.545. The van der Waals surface area contributed by atoms with E-state index in [0.717, 1.165) is 12.8 Å². The number of carbonyl (C=O) groups is 1. The lowest BCUT2D eigenvalue weighted by Crippen LogP contribution is -2.31. The first-order chi connectivity index (χ1) is 5.70. The lowest BCUT2D eigenvalue weighted by molar-refractivity contribution is -0.113. The molecule has 2 atom stereocenters. The summed E-state index contributed by atoms with van der Waals surface area (Å²) in [4.78, 5) is 10.4. The van der Waals surface area contributed by atoms with E-state index in [0.29, 0.717) is 5.92 Å². The fraction of sp³-hybridized carbons (Fsp3) is 0.667. The van der Waals surface area contributed by atoms with Crippen molar-refractivity contribution < 1.29 is 4.79 Å². The van der Waals surface area contributed by atoms with Gasteiger partial charge in [-0.25, -0.2) is 0 Å². The fourth-order valence-corrected chi connectivity index (χ4v) is 1.65. The Morgan fingerprint density at radius 1 is 1.33 bits per heavy atom. The van der Waals surface area contributed by atoms with Gasteiger partial charge in [0.2, 0.25) is 5.91 Å². The molecule has 0 aliphatic heterocycles. The van der Waals surface area contributed by atoms with E-state index in [1.54, 1.807) is 0 Å². The van der Waals surface area contributed by atoms with Crippen molar-refractivity contribution >= 4 is 5.91 Å². The molecule has 0 aromatic rings. The van der Waals surface area contributed by atoms with Crippen LogP contribution in [0.25, 0.3) is 0 Å². The summed E-state index contributed by atoms with van der Waals surface area (Å²) in [6.45, 7) is 0. The Morgan fingerprint density at radius 3 is 2.58 bits per heavy atom. The van der Waals surface area contributed by atoms with E-state index in [1.807, 2.05) is 6.08 Å². The number of rotatable bonds is 2. The van der Waals surface area contributed by atoms with Gasteiger partial charge in [0.15, 0.2) is 0 Å². The van der Waals surface area contributed by atoms with Gasteiger partial charge in [0.25, 0.3) is 0 Å². The van der Waals surface area contributed by atoms with Crippen LogP contribution in [0.1, 0.15) is 25.7 Å². The predicted molar refractivity (Wildman–Crippen MR) is 48.3 cm³/mol. The molecule has 0 aromatic carbocycles. The van der Waals surface area contributed by atoms with Crippen LogP contribution in [0.5, 0.6) is 0 Å². The Bertz CT molecular complexity index is 189. The highest BCUT2D eigenvalue weighted by Crippen LogP contribution is 2.23. The lowest BCUT2D eigenvalue weighted by Gasteiger charge is -2.25. The van der Waals surface area contributed by atoms with Crippen LogP contribution >= 0.6 is 0 Å². The van der Waals surface area contributed by atoms with Crippen molar-refractivity contribution in [2.75, 3.05) is 0 Å². The summed E-state index contributed by atoms with van der Waals surface area (Å²) in [5.41, 5.74) is 10.9. The van der Waals surface area contributed by atoms with Crippen molar-refractivity contribution in [1.29, 1.82) is 0 Å². The Hall–Kier alpha value is -0.830. The molecule has 1 amide bonds. The molecule has 1 fully saturated rings. The highest BCUT2D eigenvalue weighted by Gasteiger charge is 2.18. The maximum absolute atomic E-state index is 10.4. The van der Waals surface area contributed by atoms with Crippen LogP contribution in [0.15, 0.2) is 12.2 Å². The number of nitrogens with two attached hydrogens (primary N) is 2. The van der Waals surface area contributed by atoms with Gasteiger partial charge in [0, 0.05) is 6.04 Å². The maximum Gasteiger partial charge on any atom is 0.241 e. The first-order valence-electron chi connectivity index (χ1n) is 4.43. The van der Waals surface area contributed by atoms with E-state index in [4.69, 9.17) is 11.5 Å². The summed E-state index contributed by atoms with van der Waals surface area (Å²) in [6, 6.07) is 0.217. The molecule has 12 heavy (non-hydrogen) atoms. The van der Waals surface area contributed by atoms with Crippen molar-refractivity contribution in [3.8, 4) is 0 Å². The third-order valence-corrected chi connectivity index (χ3v) is 2.38. The third kappa shape index (κ3) is 2.66. The topological polar surface area (TPSA) is 69.1 Å². The molecule has 3 nitrogen and oxygen atoms in total. The zero-order valence-corrected chi connectivity index (χ0v) is 7.20. The van der Waals surface area contributed by atoms with Crippen LogP contribution in [0.2, 0.25) is 0 Å². The van der Waals surface area contributed by atoms with Crippen molar-refractivity contribution in [2.45, 2.75) is 31.7 Å². The van der Waals surface area contributed by atoms with E-state index in [1.165, 1.54) is 18.9 Å². The number of hydrogen-bond donors (Lipinski definition) is 2. The summed E-state index contributed by atoms with van der Waals surface area (Å²) in [5, 5.41) is 0. The third-order valence-electron chi connectivity index (χ3n) is 2.38. The number of primary amides is 1. The molecular formula is C9H16N2O. The molecule has 2 unspecified atom stereocenters. The van der Waals surface area contributed by atoms with Gasteiger partial charge in [-0.1, -0.05) is 18.9 Å². The molecule has 1 aliphatic rings. The Balaban J connectivity index is 2.43. The zero-order valence-electron chi connectivity index (χ0n) is 7.20. The maximum atomic E-state index is 10.4. The second kappa shape index (κ2) is 4.26. The standard InChI is InChI=1S/C9H16N2O/c10-8-4-2-1-3-7(8)5-6-9(11)12/h5-8H,1-4,10H2,(H2,11,12). The normalized spacial score (nSPS) is 30.8. The second-order valence-electron chi connectivity index (χ2n) is 3.37. The summed E-state index contributed by atoms with van der Waals surface area (Å²) in [6.07, 6.45) is 7.85. The van der Waals surface area contributed by atoms with Gasteiger partial charge in [-0.15, -0.1) is 0 Å². The minimum atomic E-state index is -0.382. The first kappa shape index (κ1) is 9.26. The van der Waals surface area contributed by atoms with Crippen molar-refractivity contribution in [1.82, 2.24) is 0 Å². The molecule has 1 aliphatic carbocycles. The zero-order chi connectivity index (χ0) is 8.97. The van der Waals surface area contributed by atoms with Gasteiger partial charge in [-0.05, 0) is 24.8 Å². The molecule has 68 valence electrons. The number of carbonyl (C=O) groups excluding carboxylic acids is 1. The van der Waals surface area contributed by atoms with Gasteiger partial charge in [0.1, 0.15) is 0 Å². The van der Waals surface area contributed by atoms with E-state index >= 15 is 0 Å². The van der Waals surface area contributed by atoms with Gasteiger partial charge in [-0.3, -0.25) is 4.79 Å². The Labute approximate surface area is 72.8 Å². The molecule has 1 rings (SSSR count). The SMILES string of the molecule is NC(=O)C=CC1CCCCC1N. The smallest absolute Gasteiger partial charge is 0.241 e. The lowest BCUT2D eigenvalue weighted by atomic mass is 9.85. The molecule has 0 radical (unpaired) electrons. The van der Waals surface area contributed by atoms with E-state index in [-0.39, 0.29) is 11.9 Å². The molecule has 4 N–H and O–H groups in total. The van der Waals surface area contributed by atoms with Crippen LogP contribution in [-0.4, -0.2) is 11.9 Å². The van der Waals surface area contributed by atoms with Crippen LogP contribution in [0, 0.1) is 5.92 Å². The fourth-order valence-electron chi connectivity index (χ4n) is 1.65. The van der Waals surface area contributed by atoms with E-state index in [9.17, 15) is 4.79 Å². The molecule has 0 spiro atoms. The average Bonchev–Trinajstić information content (AvgIpc) is 2.03. The highest BCUT2D eigenvalue weighted by atomic mass is 16.1. The molecular weight excluding hydrogens is 152 g/mol. The molecule has 0 saturated heterocycles. The van der Waals surface area contributed by atoms with Crippen LogP contribution in [0.4, 0.5) is 0 Å². The van der Waals surface area contributed by atoms with E-state index < -0.39 is 0 Å². The average molecular weight is 168 g/mol. The number of amides is 1. The van der Waals surface area contributed by atoms with Crippen molar-refractivity contribution in [3.63, 3.8) is 0 Å². The monoisotopic (exact) mass is 168 g/mol. The molecule has 3 heteroatoms. The van der Waals surface area contributed by atoms with Crippen LogP contribution in [-0.2, 0) is 4.79 Å². The summed E-state index contributed by atoms with van der Waals surface area (Å²) >= 11 is 0. The molecule has 0 bridgehead atoms. The van der Waals surface area contributed by atoms with Gasteiger partial charge in [0.05, 0.1) is 0 Å². The van der Waals surface area contributed by atoms with E-state index in [2.05, 4.69) is 0 Å². The van der Waals surface area contributed by atoms with Crippen molar-refractivity contribution in [2.24, 2.45) is 17.4 Å². The van der Waals surface area contributed by atoms with Gasteiger partial charge >= 0.3 is 0 Å². The second-order valence-corrected chi connectivity index (χ2v) is 3.37. The minimum Gasteiger partial charge on any atom is -0.366 e. The summed E-state index contributed by atoms with van der Waals surface area (Å²) in [7, 11) is 0. The minimum absolute atomic E-state index is 0.217. The van der Waals surface area contributed by atoms with Crippen LogP contribution in [0.3, 0.4) is 0 Å². The highest BCUT2D eigenvalue weighted by molar-refractivity contribution is 5.85. The van der Waals surface area contributed by atoms with Gasteiger partial charge < -0.3 is 11.5 Å². The number of hydrogen-bond acceptors (Lipinski definition) is 2. The van der Waals surface area contributed by atoms with Crippen LogP contribution < -0.4 is 11.5 Å². The van der Waals surface area contributed by atoms with Crippen molar-refractivity contribution in [3.05, 3.63) is 12.2 Å². The Morgan fingerprint density at radius 2 is 2.00 bits per heavy atom. The quantitative estimate of drug-likeness (QED) is 0.591.